The molecule has 114 valence electrons. The van der Waals surface area contributed by atoms with Crippen molar-refractivity contribution in [1.82, 2.24) is 19.5 Å². The lowest BCUT2D eigenvalue weighted by Gasteiger charge is -2.15. The Bertz CT molecular complexity index is 726. The molecule has 2 aromatic heterocycles. The van der Waals surface area contributed by atoms with Crippen molar-refractivity contribution < 1.29 is 20.1 Å². The van der Waals surface area contributed by atoms with Crippen molar-refractivity contribution in [2.75, 3.05) is 12.3 Å². The Morgan fingerprint density at radius 3 is 2.81 bits per heavy atom. The number of hydrogen-bond acceptors (Lipinski definition) is 8. The van der Waals surface area contributed by atoms with Crippen LogP contribution in [0.4, 0.5) is 5.95 Å². The molecule has 3 atom stereocenters. The first kappa shape index (κ1) is 13.9. The first-order valence-corrected chi connectivity index (χ1v) is 6.37. The minimum Gasteiger partial charge on any atom is -0.394 e. The van der Waals surface area contributed by atoms with Crippen molar-refractivity contribution in [2.45, 2.75) is 31.5 Å². The molecular weight excluding hydrogens is 282 g/mol. The van der Waals surface area contributed by atoms with Crippen LogP contribution in [0.2, 0.25) is 0 Å². The van der Waals surface area contributed by atoms with Gasteiger partial charge in [0, 0.05) is 6.42 Å². The van der Waals surface area contributed by atoms with Crippen molar-refractivity contribution in [3.8, 4) is 0 Å². The molecule has 1 aliphatic heterocycles. The number of imidazole rings is 1. The molecular formula is C11H15N5O5. The van der Waals surface area contributed by atoms with E-state index in [1.165, 1.54) is 4.57 Å². The largest absolute Gasteiger partial charge is 0.394 e. The van der Waals surface area contributed by atoms with Crippen LogP contribution in [0.1, 0.15) is 18.5 Å². The van der Waals surface area contributed by atoms with Gasteiger partial charge in [-0.25, -0.2) is 4.98 Å². The number of anilines is 1. The Hall–Kier alpha value is -2.01. The van der Waals surface area contributed by atoms with Crippen LogP contribution in [0.5, 0.6) is 0 Å². The molecule has 10 nitrogen and oxygen atoms in total. The SMILES string of the molecule is Nc1nc2c(nc(CO)n2[C@H]2C[C@H](O)[C@@H](CO)O2)c(=O)[nH]1. The quantitative estimate of drug-likeness (QED) is 0.428. The van der Waals surface area contributed by atoms with Crippen LogP contribution in [0.3, 0.4) is 0 Å². The van der Waals surface area contributed by atoms with Crippen molar-refractivity contribution in [3.63, 3.8) is 0 Å². The molecule has 0 amide bonds. The highest BCUT2D eigenvalue weighted by molar-refractivity contribution is 5.71. The van der Waals surface area contributed by atoms with E-state index in [9.17, 15) is 15.0 Å². The van der Waals surface area contributed by atoms with Gasteiger partial charge in [0.05, 0.1) is 12.7 Å². The van der Waals surface area contributed by atoms with Gasteiger partial charge in [-0.15, -0.1) is 0 Å². The van der Waals surface area contributed by atoms with Crippen LogP contribution in [-0.4, -0.2) is 53.7 Å². The summed E-state index contributed by atoms with van der Waals surface area (Å²) in [5.74, 6) is 0.0831. The summed E-state index contributed by atoms with van der Waals surface area (Å²) in [6.45, 7) is -0.773. The van der Waals surface area contributed by atoms with Gasteiger partial charge in [0.15, 0.2) is 11.2 Å². The lowest BCUT2D eigenvalue weighted by molar-refractivity contribution is -0.0447. The number of aliphatic hydroxyl groups excluding tert-OH is 3. The number of rotatable bonds is 3. The van der Waals surface area contributed by atoms with Gasteiger partial charge in [-0.05, 0) is 0 Å². The molecule has 1 fully saturated rings. The Balaban J connectivity index is 2.15. The maximum absolute atomic E-state index is 11.8. The number of nitrogens with zero attached hydrogens (tertiary/aromatic N) is 3. The van der Waals surface area contributed by atoms with Crippen molar-refractivity contribution >= 4 is 17.1 Å². The molecule has 0 spiro atoms. The van der Waals surface area contributed by atoms with Crippen LogP contribution in [0.25, 0.3) is 11.2 Å². The number of ether oxygens (including phenoxy) is 1. The molecule has 0 bridgehead atoms. The molecule has 2 aromatic rings. The minimum atomic E-state index is -0.858. The van der Waals surface area contributed by atoms with Gasteiger partial charge in [-0.2, -0.15) is 4.98 Å². The first-order valence-electron chi connectivity index (χ1n) is 6.37. The maximum Gasteiger partial charge on any atom is 0.280 e. The molecule has 0 aromatic carbocycles. The molecule has 0 aliphatic carbocycles. The van der Waals surface area contributed by atoms with Crippen LogP contribution in [0.15, 0.2) is 4.79 Å². The minimum absolute atomic E-state index is 0.0267. The van der Waals surface area contributed by atoms with Gasteiger partial charge in [0.2, 0.25) is 5.95 Å². The van der Waals surface area contributed by atoms with Gasteiger partial charge < -0.3 is 25.8 Å². The lowest BCUT2D eigenvalue weighted by atomic mass is 10.2. The third-order valence-corrected chi connectivity index (χ3v) is 3.46. The normalized spacial score (nSPS) is 25.8. The molecule has 3 rings (SSSR count). The Kier molecular flexibility index (Phi) is 3.37. The summed E-state index contributed by atoms with van der Waals surface area (Å²) in [5.41, 5.74) is 5.19. The van der Waals surface area contributed by atoms with E-state index in [0.29, 0.717) is 0 Å². The zero-order valence-electron chi connectivity index (χ0n) is 10.9. The summed E-state index contributed by atoms with van der Waals surface area (Å²) in [7, 11) is 0. The highest BCUT2D eigenvalue weighted by Gasteiger charge is 2.36. The second kappa shape index (κ2) is 5.07. The predicted octanol–water partition coefficient (Wildman–Crippen LogP) is -2.17. The standard InChI is InChI=1S/C11H15N5O5/c12-11-14-9-8(10(20)15-11)13-6(3-18)16(9)7-1-4(19)5(2-17)21-7/h4-5,7,17-19H,1-3H2,(H3,12,14,15,20)/t4-,5+,7+/m0/s1. The molecule has 3 heterocycles. The van der Waals surface area contributed by atoms with Crippen LogP contribution in [0, 0.1) is 0 Å². The first-order chi connectivity index (χ1) is 10.0. The van der Waals surface area contributed by atoms with E-state index < -0.39 is 30.6 Å². The summed E-state index contributed by atoms with van der Waals surface area (Å²) >= 11 is 0. The fourth-order valence-electron chi connectivity index (χ4n) is 2.50. The van der Waals surface area contributed by atoms with E-state index >= 15 is 0 Å². The Morgan fingerprint density at radius 1 is 1.43 bits per heavy atom. The second-order valence-corrected chi connectivity index (χ2v) is 4.79. The van der Waals surface area contributed by atoms with Crippen LogP contribution in [-0.2, 0) is 11.3 Å². The summed E-state index contributed by atoms with van der Waals surface area (Å²) in [4.78, 5) is 22.2. The molecule has 0 unspecified atom stereocenters. The third-order valence-electron chi connectivity index (χ3n) is 3.46. The summed E-state index contributed by atoms with van der Waals surface area (Å²) in [6, 6.07) is 0. The molecule has 6 N–H and O–H groups in total. The number of H-pyrrole nitrogens is 1. The molecule has 1 saturated heterocycles. The maximum atomic E-state index is 11.8. The Morgan fingerprint density at radius 2 is 2.19 bits per heavy atom. The van der Waals surface area contributed by atoms with Crippen molar-refractivity contribution in [1.29, 1.82) is 0 Å². The van der Waals surface area contributed by atoms with Gasteiger partial charge in [-0.1, -0.05) is 0 Å². The summed E-state index contributed by atoms with van der Waals surface area (Å²) in [6.07, 6.45) is -2.11. The monoisotopic (exact) mass is 297 g/mol. The molecule has 0 saturated carbocycles. The average Bonchev–Trinajstić information content (AvgIpc) is 2.98. The van der Waals surface area contributed by atoms with E-state index in [0.717, 1.165) is 0 Å². The summed E-state index contributed by atoms with van der Waals surface area (Å²) < 4.78 is 6.93. The smallest absolute Gasteiger partial charge is 0.280 e. The molecule has 0 radical (unpaired) electrons. The summed E-state index contributed by atoms with van der Waals surface area (Å²) in [5, 5.41) is 28.3. The van der Waals surface area contributed by atoms with Gasteiger partial charge >= 0.3 is 0 Å². The van der Waals surface area contributed by atoms with Crippen LogP contribution >= 0.6 is 0 Å². The number of nitrogens with two attached hydrogens (primary N) is 1. The van der Waals surface area contributed by atoms with E-state index in [-0.39, 0.29) is 36.0 Å². The number of aromatic nitrogens is 4. The highest BCUT2D eigenvalue weighted by Crippen LogP contribution is 2.31. The molecule has 1 aliphatic rings. The number of hydrogen-bond donors (Lipinski definition) is 5. The van der Waals surface area contributed by atoms with E-state index in [1.807, 2.05) is 0 Å². The third kappa shape index (κ3) is 2.17. The van der Waals surface area contributed by atoms with E-state index in [2.05, 4.69) is 15.0 Å². The van der Waals surface area contributed by atoms with E-state index in [4.69, 9.17) is 15.6 Å². The fourth-order valence-corrected chi connectivity index (χ4v) is 2.50. The van der Waals surface area contributed by atoms with Gasteiger partial charge in [0.25, 0.3) is 5.56 Å². The second-order valence-electron chi connectivity index (χ2n) is 4.79. The highest BCUT2D eigenvalue weighted by atomic mass is 16.5. The number of aliphatic hydroxyl groups is 3. The van der Waals surface area contributed by atoms with Crippen LogP contribution < -0.4 is 11.3 Å². The average molecular weight is 297 g/mol. The topological polar surface area (TPSA) is 160 Å². The zero-order valence-corrected chi connectivity index (χ0v) is 10.9. The number of fused-ring (bicyclic) bond motifs is 1. The van der Waals surface area contributed by atoms with Gasteiger partial charge in [0.1, 0.15) is 24.8 Å². The number of nitrogens with one attached hydrogen (secondary N) is 1. The fraction of sp³-hybridized carbons (Fsp3) is 0.545. The van der Waals surface area contributed by atoms with Crippen molar-refractivity contribution in [3.05, 3.63) is 16.2 Å². The Labute approximate surface area is 117 Å². The zero-order chi connectivity index (χ0) is 15.1. The number of nitrogen functional groups attached to an aromatic ring is 1. The number of aromatic amines is 1. The molecule has 10 heteroatoms. The lowest BCUT2D eigenvalue weighted by Crippen LogP contribution is -2.24. The van der Waals surface area contributed by atoms with Gasteiger partial charge in [-0.3, -0.25) is 14.3 Å². The predicted molar refractivity (Wildman–Crippen MR) is 70.1 cm³/mol. The molecule has 21 heavy (non-hydrogen) atoms. The van der Waals surface area contributed by atoms with E-state index in [1.54, 1.807) is 0 Å². The van der Waals surface area contributed by atoms with Crippen molar-refractivity contribution in [2.24, 2.45) is 0 Å².